The molecule has 0 spiro atoms. The lowest BCUT2D eigenvalue weighted by Gasteiger charge is -2.07. The van der Waals surface area contributed by atoms with Crippen LogP contribution in [0.3, 0.4) is 0 Å². The molecule has 5 heteroatoms. The summed E-state index contributed by atoms with van der Waals surface area (Å²) in [6.45, 7) is 0.687. The molecule has 1 aromatic rings. The molecule has 0 aliphatic heterocycles. The molecule has 4 nitrogen and oxygen atoms in total. The Labute approximate surface area is 106 Å². The average Bonchev–Trinajstić information content (AvgIpc) is 2.42. The van der Waals surface area contributed by atoms with E-state index in [9.17, 15) is 9.59 Å². The van der Waals surface area contributed by atoms with Crippen molar-refractivity contribution in [1.82, 2.24) is 0 Å². The number of nitrogen functional groups attached to an aromatic ring is 1. The first kappa shape index (κ1) is 6.25. The van der Waals surface area contributed by atoms with Crippen molar-refractivity contribution in [3.05, 3.63) is 28.7 Å². The van der Waals surface area contributed by atoms with Crippen LogP contribution in [0.4, 0.5) is 5.69 Å². The molecule has 0 saturated carbocycles. The molecule has 0 aliphatic rings. The van der Waals surface area contributed by atoms with E-state index >= 15 is 0 Å². The maximum absolute atomic E-state index is 12.3. The van der Waals surface area contributed by atoms with Crippen molar-refractivity contribution >= 4 is 29.0 Å². The molecule has 0 aromatic heterocycles. The Morgan fingerprint density at radius 3 is 2.94 bits per heavy atom. The second kappa shape index (κ2) is 4.99. The number of Topliss-reactive ketones (excluding diaryl/α,β-unsaturated/α-hetero) is 1. The quantitative estimate of drug-likeness (QED) is 0.632. The molecule has 1 aromatic carbocycles. The normalized spacial score (nSPS) is 20.4. The van der Waals surface area contributed by atoms with E-state index in [1.165, 1.54) is 0 Å². The van der Waals surface area contributed by atoms with Crippen molar-refractivity contribution in [2.45, 2.75) is 13.3 Å². The molecular weight excluding hydrogens is 230 g/mol. The van der Waals surface area contributed by atoms with Crippen LogP contribution in [-0.4, -0.2) is 16.9 Å². The Balaban J connectivity index is 3.64. The molecular formula is C11H12ClNO3. The Bertz CT molecular complexity index is 647. The van der Waals surface area contributed by atoms with Gasteiger partial charge in [-0.3, -0.25) is 9.59 Å². The minimum atomic E-state index is -3.24. The molecule has 0 fully saturated rings. The summed E-state index contributed by atoms with van der Waals surface area (Å²) in [5.74, 6) is -6.30. The summed E-state index contributed by atoms with van der Waals surface area (Å²) >= 11 is 5.61. The third kappa shape index (κ3) is 2.97. The van der Waals surface area contributed by atoms with Crippen LogP contribution in [0, 0.1) is 5.89 Å². The van der Waals surface area contributed by atoms with Gasteiger partial charge in [0.15, 0.2) is 5.78 Å². The van der Waals surface area contributed by atoms with Crippen LogP contribution in [0.2, 0.25) is 5.02 Å². The predicted octanol–water partition coefficient (Wildman–Crippen LogP) is 2.22. The first-order valence-corrected chi connectivity index (χ1v) is 4.49. The topological polar surface area (TPSA) is 80.4 Å². The number of carboxylic acid groups (broad SMARTS) is 1. The van der Waals surface area contributed by atoms with Crippen LogP contribution in [0.5, 0.6) is 0 Å². The van der Waals surface area contributed by atoms with E-state index < -0.39 is 58.4 Å². The number of ketones is 1. The first-order chi connectivity index (χ1) is 9.78. The van der Waals surface area contributed by atoms with Gasteiger partial charge in [-0.15, -0.1) is 0 Å². The average molecular weight is 248 g/mol. The molecule has 0 radical (unpaired) electrons. The van der Waals surface area contributed by atoms with Gasteiger partial charge in [-0.25, -0.2) is 0 Å². The zero-order chi connectivity index (χ0) is 17.6. The molecule has 3 N–H and O–H groups in total. The largest absolute Gasteiger partial charge is 0.481 e. The lowest BCUT2D eigenvalue weighted by atomic mass is 9.99. The number of hydrogen-bond donors (Lipinski definition) is 2. The van der Waals surface area contributed by atoms with Gasteiger partial charge in [0, 0.05) is 26.8 Å². The number of carbonyl (C=O) groups excluding carboxylic acids is 1. The van der Waals surface area contributed by atoms with Crippen LogP contribution in [0.1, 0.15) is 31.9 Å². The Morgan fingerprint density at radius 1 is 1.75 bits per heavy atom. The standard InChI is InChI=1S/C11H12ClNO3/c1-6(11(15)16)4-10(14)8-3-2-7(12)5-9(8)13/h2-3,5-6H,4,13H2,1H3,(H,15,16)/i2D,3D,4D2,5D,6D. The number of aliphatic carboxylic acids is 1. The van der Waals surface area contributed by atoms with Gasteiger partial charge >= 0.3 is 5.97 Å². The van der Waals surface area contributed by atoms with Crippen LogP contribution in [0.25, 0.3) is 0 Å². The van der Waals surface area contributed by atoms with Gasteiger partial charge in [-0.05, 0) is 18.1 Å². The number of hydrogen-bond acceptors (Lipinski definition) is 3. The smallest absolute Gasteiger partial charge is 0.306 e. The Kier molecular flexibility index (Phi) is 1.95. The second-order valence-electron chi connectivity index (χ2n) is 2.86. The molecule has 0 amide bonds. The van der Waals surface area contributed by atoms with Gasteiger partial charge in [0.2, 0.25) is 0 Å². The molecule has 0 saturated heterocycles. The summed E-state index contributed by atoms with van der Waals surface area (Å²) < 4.78 is 45.6. The summed E-state index contributed by atoms with van der Waals surface area (Å²) in [7, 11) is 0. The van der Waals surface area contributed by atoms with Crippen LogP contribution in [-0.2, 0) is 4.79 Å². The monoisotopic (exact) mass is 247 g/mol. The highest BCUT2D eigenvalue weighted by Gasteiger charge is 2.18. The van der Waals surface area contributed by atoms with Crippen molar-refractivity contribution in [3.63, 3.8) is 0 Å². The van der Waals surface area contributed by atoms with Crippen molar-refractivity contribution < 1.29 is 22.9 Å². The number of benzene rings is 1. The molecule has 0 bridgehead atoms. The van der Waals surface area contributed by atoms with Gasteiger partial charge < -0.3 is 10.8 Å². The molecule has 86 valence electrons. The molecule has 1 unspecified atom stereocenters. The highest BCUT2D eigenvalue weighted by atomic mass is 35.5. The fourth-order valence-corrected chi connectivity index (χ4v) is 1.01. The van der Waals surface area contributed by atoms with Crippen LogP contribution >= 0.6 is 11.6 Å². The van der Waals surface area contributed by atoms with E-state index in [1.54, 1.807) is 0 Å². The minimum absolute atomic E-state index is 0.480. The Hall–Kier alpha value is -1.55. The summed E-state index contributed by atoms with van der Waals surface area (Å²) in [6, 6.07) is -2.17. The van der Waals surface area contributed by atoms with Gasteiger partial charge in [0.25, 0.3) is 0 Å². The van der Waals surface area contributed by atoms with Crippen molar-refractivity contribution in [2.24, 2.45) is 5.89 Å². The highest BCUT2D eigenvalue weighted by Crippen LogP contribution is 2.20. The summed E-state index contributed by atoms with van der Waals surface area (Å²) in [4.78, 5) is 23.3. The fraction of sp³-hybridized carbons (Fsp3) is 0.273. The summed E-state index contributed by atoms with van der Waals surface area (Å²) in [5, 5.41) is 8.43. The van der Waals surface area contributed by atoms with Crippen LogP contribution in [0.15, 0.2) is 18.1 Å². The number of rotatable bonds is 4. The second-order valence-corrected chi connectivity index (χ2v) is 3.24. The highest BCUT2D eigenvalue weighted by molar-refractivity contribution is 6.31. The Morgan fingerprint density at radius 2 is 2.38 bits per heavy atom. The SMILES string of the molecule is [2H]c1c([2H])c(C(=O)C([2H])([2H])C([2H])(C)C(=O)O)c(N)c([2H])c1Cl. The van der Waals surface area contributed by atoms with Crippen LogP contribution < -0.4 is 5.73 Å². The third-order valence-corrected chi connectivity index (χ3v) is 1.85. The first-order valence-electron chi connectivity index (χ1n) is 7.11. The van der Waals surface area contributed by atoms with E-state index in [4.69, 9.17) is 30.7 Å². The van der Waals surface area contributed by atoms with Gasteiger partial charge in [0.1, 0.15) is 0 Å². The molecule has 0 heterocycles. The number of halogens is 1. The number of carbonyl (C=O) groups is 2. The fourth-order valence-electron chi connectivity index (χ4n) is 0.862. The van der Waals surface area contributed by atoms with Crippen molar-refractivity contribution in [1.29, 1.82) is 0 Å². The molecule has 0 aliphatic carbocycles. The van der Waals surface area contributed by atoms with Gasteiger partial charge in [0.05, 0.1) is 10.0 Å². The predicted molar refractivity (Wildman–Crippen MR) is 61.6 cm³/mol. The lowest BCUT2D eigenvalue weighted by molar-refractivity contribution is -0.141. The minimum Gasteiger partial charge on any atom is -0.481 e. The maximum atomic E-state index is 12.3. The van der Waals surface area contributed by atoms with Crippen molar-refractivity contribution in [2.75, 3.05) is 5.73 Å². The van der Waals surface area contributed by atoms with Gasteiger partial charge in [-0.1, -0.05) is 18.5 Å². The van der Waals surface area contributed by atoms with E-state index in [2.05, 4.69) is 0 Å². The van der Waals surface area contributed by atoms with Gasteiger partial charge in [-0.2, -0.15) is 0 Å². The number of carboxylic acids is 1. The molecule has 1 rings (SSSR count). The molecule has 16 heavy (non-hydrogen) atoms. The van der Waals surface area contributed by atoms with E-state index in [-0.39, 0.29) is 0 Å². The third-order valence-electron chi connectivity index (χ3n) is 1.66. The zero-order valence-electron chi connectivity index (χ0n) is 14.2. The van der Waals surface area contributed by atoms with Crippen molar-refractivity contribution in [3.8, 4) is 0 Å². The van der Waals surface area contributed by atoms with E-state index in [0.717, 1.165) is 0 Å². The zero-order valence-corrected chi connectivity index (χ0v) is 8.97. The number of nitrogens with two attached hydrogens (primary N) is 1. The van der Waals surface area contributed by atoms with E-state index in [1.807, 2.05) is 0 Å². The molecule has 1 atom stereocenters. The van der Waals surface area contributed by atoms with E-state index in [0.29, 0.717) is 6.92 Å². The lowest BCUT2D eigenvalue weighted by Crippen LogP contribution is -2.15. The number of anilines is 1. The summed E-state index contributed by atoms with van der Waals surface area (Å²) in [6.07, 6.45) is -3.24. The maximum Gasteiger partial charge on any atom is 0.306 e. The summed E-state index contributed by atoms with van der Waals surface area (Å²) in [5.41, 5.74) is 4.03.